The molecule has 0 bridgehead atoms. The Morgan fingerprint density at radius 2 is 1.31 bits per heavy atom. The monoisotopic (exact) mass is 493 g/mol. The average molecular weight is 494 g/mol. The molecule has 0 saturated heterocycles. The van der Waals surface area contributed by atoms with Gasteiger partial charge in [0.2, 0.25) is 0 Å². The van der Waals surface area contributed by atoms with E-state index in [1.807, 2.05) is 42.5 Å². The molecule has 3 aromatic carbocycles. The fraction of sp³-hybridized carbons (Fsp3) is 0.192. The van der Waals surface area contributed by atoms with Gasteiger partial charge in [-0.3, -0.25) is 25.8 Å². The molecule has 3 N–H and O–H groups in total. The van der Waals surface area contributed by atoms with E-state index in [2.05, 4.69) is 23.1 Å². The molecule has 0 aliphatic rings. The Hall–Kier alpha value is -4.11. The van der Waals surface area contributed by atoms with Gasteiger partial charge in [-0.25, -0.2) is 0 Å². The summed E-state index contributed by atoms with van der Waals surface area (Å²) in [4.78, 5) is 24.3. The van der Waals surface area contributed by atoms with Crippen molar-refractivity contribution in [2.24, 2.45) is 0 Å². The first-order chi connectivity index (χ1) is 17.0. The van der Waals surface area contributed by atoms with Gasteiger partial charge in [0.15, 0.2) is 11.7 Å². The van der Waals surface area contributed by atoms with Gasteiger partial charge in [-0.15, -0.1) is 0 Å². The average Bonchev–Trinajstić information content (AvgIpc) is 2.90. The van der Waals surface area contributed by atoms with Crippen molar-refractivity contribution < 1.29 is 23.8 Å². The lowest BCUT2D eigenvalue weighted by molar-refractivity contribution is -0.123. The maximum absolute atomic E-state index is 12.4. The van der Waals surface area contributed by atoms with E-state index in [1.165, 1.54) is 5.56 Å². The minimum Gasteiger partial charge on any atom is -0.490 e. The second-order valence-corrected chi connectivity index (χ2v) is 7.69. The Kier molecular flexibility index (Phi) is 9.89. The highest BCUT2D eigenvalue weighted by molar-refractivity contribution is 7.80. The van der Waals surface area contributed by atoms with Crippen LogP contribution in [0.2, 0.25) is 0 Å². The van der Waals surface area contributed by atoms with Crippen molar-refractivity contribution in [1.82, 2.24) is 16.2 Å². The van der Waals surface area contributed by atoms with Crippen molar-refractivity contribution in [2.75, 3.05) is 19.8 Å². The maximum atomic E-state index is 12.4. The summed E-state index contributed by atoms with van der Waals surface area (Å²) in [6.07, 6.45) is 0.927. The Morgan fingerprint density at radius 3 is 1.94 bits per heavy atom. The second-order valence-electron chi connectivity index (χ2n) is 7.28. The SMILES string of the molecule is CCc1ccc(OCC(=O)NNC(=S)NC(=O)c2ccc(OCCOc3ccccc3)cc2)cc1. The number of para-hydroxylation sites is 1. The molecular formula is C26H27N3O5S. The molecule has 3 aromatic rings. The highest BCUT2D eigenvalue weighted by atomic mass is 32.1. The number of rotatable bonds is 10. The molecule has 182 valence electrons. The summed E-state index contributed by atoms with van der Waals surface area (Å²) < 4.78 is 16.6. The van der Waals surface area contributed by atoms with E-state index in [9.17, 15) is 9.59 Å². The van der Waals surface area contributed by atoms with Gasteiger partial charge < -0.3 is 14.2 Å². The van der Waals surface area contributed by atoms with Gasteiger partial charge >= 0.3 is 0 Å². The minimum atomic E-state index is -0.445. The third-order valence-electron chi connectivity index (χ3n) is 4.72. The number of hydrazine groups is 1. The number of benzene rings is 3. The highest BCUT2D eigenvalue weighted by Crippen LogP contribution is 2.13. The van der Waals surface area contributed by atoms with E-state index >= 15 is 0 Å². The molecule has 35 heavy (non-hydrogen) atoms. The molecule has 8 nitrogen and oxygen atoms in total. The van der Waals surface area contributed by atoms with Crippen LogP contribution in [0.1, 0.15) is 22.8 Å². The standard InChI is InChI=1S/C26H27N3O5S/c1-2-19-8-12-23(13-9-19)34-18-24(30)28-29-26(35)27-25(31)20-10-14-22(15-11-20)33-17-16-32-21-6-4-3-5-7-21/h3-15H,2,16-18H2,1H3,(H,28,30)(H2,27,29,31,35). The Balaban J connectivity index is 1.33. The zero-order valence-electron chi connectivity index (χ0n) is 19.3. The normalized spacial score (nSPS) is 10.1. The predicted molar refractivity (Wildman–Crippen MR) is 137 cm³/mol. The Morgan fingerprint density at radius 1 is 0.743 bits per heavy atom. The molecule has 0 heterocycles. The summed E-state index contributed by atoms with van der Waals surface area (Å²) >= 11 is 5.05. The fourth-order valence-electron chi connectivity index (χ4n) is 2.88. The molecule has 0 aromatic heterocycles. The summed E-state index contributed by atoms with van der Waals surface area (Å²) in [5, 5.41) is 2.45. The Labute approximate surface area is 209 Å². The van der Waals surface area contributed by atoms with Crippen LogP contribution in [0.5, 0.6) is 17.2 Å². The number of amides is 2. The van der Waals surface area contributed by atoms with Crippen LogP contribution < -0.4 is 30.4 Å². The first kappa shape index (κ1) is 25.5. The summed E-state index contributed by atoms with van der Waals surface area (Å²) in [5.74, 6) is 1.10. The van der Waals surface area contributed by atoms with Gasteiger partial charge in [-0.1, -0.05) is 37.3 Å². The van der Waals surface area contributed by atoms with Crippen LogP contribution in [0.15, 0.2) is 78.9 Å². The van der Waals surface area contributed by atoms with Gasteiger partial charge in [-0.2, -0.15) is 0 Å². The van der Waals surface area contributed by atoms with E-state index in [1.54, 1.807) is 36.4 Å². The molecule has 0 atom stereocenters. The van der Waals surface area contributed by atoms with Crippen LogP contribution >= 0.6 is 12.2 Å². The van der Waals surface area contributed by atoms with Crippen molar-refractivity contribution in [1.29, 1.82) is 0 Å². The number of ether oxygens (including phenoxy) is 3. The molecule has 0 aliphatic heterocycles. The zero-order valence-corrected chi connectivity index (χ0v) is 20.1. The lowest BCUT2D eigenvalue weighted by Gasteiger charge is -2.12. The smallest absolute Gasteiger partial charge is 0.276 e. The van der Waals surface area contributed by atoms with Crippen LogP contribution in [0.4, 0.5) is 0 Å². The fourth-order valence-corrected chi connectivity index (χ4v) is 3.02. The molecule has 0 aliphatic carbocycles. The lowest BCUT2D eigenvalue weighted by atomic mass is 10.2. The molecule has 0 radical (unpaired) electrons. The number of thiocarbonyl (C=S) groups is 1. The Bertz CT molecular complexity index is 1110. The molecule has 2 amide bonds. The lowest BCUT2D eigenvalue weighted by Crippen LogP contribution is -2.49. The van der Waals surface area contributed by atoms with Gasteiger partial charge in [-0.05, 0) is 72.7 Å². The first-order valence-corrected chi connectivity index (χ1v) is 11.5. The van der Waals surface area contributed by atoms with Crippen LogP contribution in [-0.2, 0) is 11.2 Å². The number of carbonyl (C=O) groups is 2. The van der Waals surface area contributed by atoms with Crippen molar-refractivity contribution >= 4 is 29.1 Å². The topological polar surface area (TPSA) is 97.9 Å². The van der Waals surface area contributed by atoms with Crippen molar-refractivity contribution in [3.05, 3.63) is 90.0 Å². The number of hydrogen-bond acceptors (Lipinski definition) is 6. The minimum absolute atomic E-state index is 0.0472. The summed E-state index contributed by atoms with van der Waals surface area (Å²) in [6, 6.07) is 23.5. The predicted octanol–water partition coefficient (Wildman–Crippen LogP) is 3.42. The van der Waals surface area contributed by atoms with Crippen LogP contribution in [0, 0.1) is 0 Å². The maximum Gasteiger partial charge on any atom is 0.276 e. The number of aryl methyl sites for hydroxylation is 1. The molecule has 0 fully saturated rings. The molecule has 3 rings (SSSR count). The number of hydrogen-bond donors (Lipinski definition) is 3. The van der Waals surface area contributed by atoms with E-state index in [4.69, 9.17) is 26.4 Å². The number of carbonyl (C=O) groups excluding carboxylic acids is 2. The highest BCUT2D eigenvalue weighted by Gasteiger charge is 2.09. The van der Waals surface area contributed by atoms with Gasteiger partial charge in [0.1, 0.15) is 30.5 Å². The van der Waals surface area contributed by atoms with E-state index in [0.717, 1.165) is 12.2 Å². The molecule has 9 heteroatoms. The van der Waals surface area contributed by atoms with E-state index in [0.29, 0.717) is 30.3 Å². The van der Waals surface area contributed by atoms with Gasteiger partial charge in [0, 0.05) is 5.56 Å². The molecule has 0 saturated carbocycles. The molecular weight excluding hydrogens is 466 g/mol. The largest absolute Gasteiger partial charge is 0.490 e. The van der Waals surface area contributed by atoms with Crippen molar-refractivity contribution in [3.8, 4) is 17.2 Å². The summed E-state index contributed by atoms with van der Waals surface area (Å²) in [6.45, 7) is 2.62. The zero-order chi connectivity index (χ0) is 24.9. The van der Waals surface area contributed by atoms with Gasteiger partial charge in [0.25, 0.3) is 11.8 Å². The summed E-state index contributed by atoms with van der Waals surface area (Å²) in [5.41, 5.74) is 6.42. The van der Waals surface area contributed by atoms with Crippen LogP contribution in [0.3, 0.4) is 0 Å². The van der Waals surface area contributed by atoms with E-state index < -0.39 is 11.8 Å². The summed E-state index contributed by atoms with van der Waals surface area (Å²) in [7, 11) is 0. The third-order valence-corrected chi connectivity index (χ3v) is 4.93. The van der Waals surface area contributed by atoms with Crippen LogP contribution in [-0.4, -0.2) is 36.7 Å². The van der Waals surface area contributed by atoms with Gasteiger partial charge in [0.05, 0.1) is 0 Å². The van der Waals surface area contributed by atoms with Crippen LogP contribution in [0.25, 0.3) is 0 Å². The molecule has 0 unspecified atom stereocenters. The van der Waals surface area contributed by atoms with Crippen molar-refractivity contribution in [3.63, 3.8) is 0 Å². The second kappa shape index (κ2) is 13.6. The third kappa shape index (κ3) is 8.98. The van der Waals surface area contributed by atoms with Crippen molar-refractivity contribution in [2.45, 2.75) is 13.3 Å². The first-order valence-electron chi connectivity index (χ1n) is 11.1. The molecule has 0 spiro atoms. The van der Waals surface area contributed by atoms with E-state index in [-0.39, 0.29) is 11.7 Å². The quantitative estimate of drug-likeness (QED) is 0.226. The number of nitrogens with one attached hydrogen (secondary N) is 3.